The Morgan fingerprint density at radius 1 is 1.64 bits per heavy atom. The molecule has 1 aliphatic carbocycles. The van der Waals surface area contributed by atoms with Gasteiger partial charge in [0.1, 0.15) is 5.78 Å². The van der Waals surface area contributed by atoms with Crippen molar-refractivity contribution in [3.05, 3.63) is 12.2 Å². The second-order valence-electron chi connectivity index (χ2n) is 3.40. The van der Waals surface area contributed by atoms with Crippen molar-refractivity contribution in [2.45, 2.75) is 32.3 Å². The Balaban J connectivity index is 2.13. The number of hydrogen-bond acceptors (Lipinski definition) is 4. The van der Waals surface area contributed by atoms with E-state index in [1.807, 2.05) is 0 Å². The van der Waals surface area contributed by atoms with Gasteiger partial charge in [-0.2, -0.15) is 0 Å². The van der Waals surface area contributed by atoms with Gasteiger partial charge >= 0.3 is 5.97 Å². The van der Waals surface area contributed by atoms with E-state index in [1.54, 1.807) is 6.92 Å². The molecule has 1 fully saturated rings. The first-order valence-corrected chi connectivity index (χ1v) is 4.55. The maximum Gasteiger partial charge on any atom is 0.335 e. The van der Waals surface area contributed by atoms with E-state index < -0.39 is 5.97 Å². The molecule has 0 spiro atoms. The zero-order chi connectivity index (χ0) is 10.6. The topological polar surface area (TPSA) is 52.6 Å². The average molecular weight is 198 g/mol. The molecule has 0 aromatic heterocycles. The molecule has 0 N–H and O–H groups in total. The van der Waals surface area contributed by atoms with Gasteiger partial charge in [-0.25, -0.2) is 4.79 Å². The highest BCUT2D eigenvalue weighted by Gasteiger charge is 2.22. The molecule has 78 valence electrons. The minimum Gasteiger partial charge on any atom is -0.435 e. The van der Waals surface area contributed by atoms with Gasteiger partial charge in [-0.3, -0.25) is 4.79 Å². The van der Waals surface area contributed by atoms with Crippen molar-refractivity contribution in [2.24, 2.45) is 0 Å². The van der Waals surface area contributed by atoms with E-state index in [1.165, 1.54) is 0 Å². The Labute approximate surface area is 82.9 Å². The summed E-state index contributed by atoms with van der Waals surface area (Å²) >= 11 is 0. The summed E-state index contributed by atoms with van der Waals surface area (Å²) in [5, 5.41) is 0. The van der Waals surface area contributed by atoms with Gasteiger partial charge in [0.2, 0.25) is 0 Å². The maximum atomic E-state index is 10.9. The molecule has 0 amide bonds. The number of Topliss-reactive ketones (excluding diaryl/α,β-unsaturated/α-hetero) is 1. The standard InChI is InChI=1S/C10H14O4/c1-7(2)10(12)14-6-13-9-4-3-8(11)5-9/h9H,1,3-6H2,2H3. The van der Waals surface area contributed by atoms with Crippen molar-refractivity contribution < 1.29 is 19.1 Å². The van der Waals surface area contributed by atoms with Crippen LogP contribution in [0, 0.1) is 0 Å². The summed E-state index contributed by atoms with van der Waals surface area (Å²) in [4.78, 5) is 21.8. The molecule has 4 heteroatoms. The van der Waals surface area contributed by atoms with Gasteiger partial charge < -0.3 is 9.47 Å². The van der Waals surface area contributed by atoms with Crippen LogP contribution >= 0.6 is 0 Å². The van der Waals surface area contributed by atoms with Crippen LogP contribution in [-0.4, -0.2) is 24.6 Å². The fourth-order valence-corrected chi connectivity index (χ4v) is 1.23. The summed E-state index contributed by atoms with van der Waals surface area (Å²) in [6.45, 7) is 4.91. The largest absolute Gasteiger partial charge is 0.435 e. The Morgan fingerprint density at radius 3 is 2.86 bits per heavy atom. The van der Waals surface area contributed by atoms with Gasteiger partial charge in [0.05, 0.1) is 6.10 Å². The molecule has 1 unspecified atom stereocenters. The third kappa shape index (κ3) is 3.30. The van der Waals surface area contributed by atoms with Crippen molar-refractivity contribution in [3.8, 4) is 0 Å². The molecule has 1 atom stereocenters. The Bertz CT molecular complexity index is 257. The minimum absolute atomic E-state index is 0.0829. The number of hydrogen-bond donors (Lipinski definition) is 0. The molecule has 0 bridgehead atoms. The molecule has 4 nitrogen and oxygen atoms in total. The summed E-state index contributed by atoms with van der Waals surface area (Å²) in [7, 11) is 0. The number of ketones is 1. The number of carbonyl (C=O) groups is 2. The van der Waals surface area contributed by atoms with Crippen LogP contribution in [0.2, 0.25) is 0 Å². The van der Waals surface area contributed by atoms with Crippen molar-refractivity contribution >= 4 is 11.8 Å². The number of ether oxygens (including phenoxy) is 2. The molecule has 0 radical (unpaired) electrons. The van der Waals surface area contributed by atoms with Gasteiger partial charge in [0.15, 0.2) is 6.79 Å². The fourth-order valence-electron chi connectivity index (χ4n) is 1.23. The Hall–Kier alpha value is -1.16. The molecular weight excluding hydrogens is 184 g/mol. The number of esters is 1. The third-order valence-corrected chi connectivity index (χ3v) is 2.04. The first-order chi connectivity index (χ1) is 6.59. The summed E-state index contributed by atoms with van der Waals surface area (Å²) in [5.41, 5.74) is 0.344. The highest BCUT2D eigenvalue weighted by molar-refractivity contribution is 5.86. The quantitative estimate of drug-likeness (QED) is 0.387. The third-order valence-electron chi connectivity index (χ3n) is 2.04. The predicted molar refractivity (Wildman–Crippen MR) is 49.5 cm³/mol. The highest BCUT2D eigenvalue weighted by Crippen LogP contribution is 2.17. The van der Waals surface area contributed by atoms with Crippen molar-refractivity contribution in [2.75, 3.05) is 6.79 Å². The summed E-state index contributed by atoms with van der Waals surface area (Å²) in [5.74, 6) is -0.254. The predicted octanol–water partition coefficient (Wildman–Crippen LogP) is 1.20. The van der Waals surface area contributed by atoms with Crippen molar-refractivity contribution in [1.82, 2.24) is 0 Å². The molecule has 0 aromatic carbocycles. The smallest absolute Gasteiger partial charge is 0.335 e. The van der Waals surface area contributed by atoms with Crippen LogP contribution < -0.4 is 0 Å². The van der Waals surface area contributed by atoms with Gasteiger partial charge in [-0.15, -0.1) is 0 Å². The molecule has 0 aliphatic heterocycles. The first-order valence-electron chi connectivity index (χ1n) is 4.55. The van der Waals surface area contributed by atoms with E-state index >= 15 is 0 Å². The summed E-state index contributed by atoms with van der Waals surface area (Å²) in [6, 6.07) is 0. The van der Waals surface area contributed by atoms with E-state index in [0.29, 0.717) is 18.4 Å². The zero-order valence-electron chi connectivity index (χ0n) is 8.25. The van der Waals surface area contributed by atoms with Gasteiger partial charge in [0.25, 0.3) is 0 Å². The molecule has 1 aliphatic rings. The lowest BCUT2D eigenvalue weighted by atomic mass is 10.3. The average Bonchev–Trinajstić information content (AvgIpc) is 2.51. The molecule has 0 aromatic rings. The van der Waals surface area contributed by atoms with E-state index in [4.69, 9.17) is 9.47 Å². The van der Waals surface area contributed by atoms with Crippen LogP contribution in [0.15, 0.2) is 12.2 Å². The molecule has 1 rings (SSSR count). The van der Waals surface area contributed by atoms with Crippen LogP contribution in [0.25, 0.3) is 0 Å². The summed E-state index contributed by atoms with van der Waals surface area (Å²) < 4.78 is 9.92. The normalized spacial score (nSPS) is 20.9. The van der Waals surface area contributed by atoms with Crippen LogP contribution in [0.4, 0.5) is 0 Å². The zero-order valence-corrected chi connectivity index (χ0v) is 8.25. The van der Waals surface area contributed by atoms with E-state index in [-0.39, 0.29) is 18.7 Å². The van der Waals surface area contributed by atoms with Crippen LogP contribution in [0.3, 0.4) is 0 Å². The molecule has 0 heterocycles. The van der Waals surface area contributed by atoms with Gasteiger partial charge in [0, 0.05) is 18.4 Å². The second-order valence-corrected chi connectivity index (χ2v) is 3.40. The lowest BCUT2D eigenvalue weighted by Gasteiger charge is -2.10. The Kier molecular flexibility index (Phi) is 3.83. The first kappa shape index (κ1) is 10.9. The molecule has 0 saturated heterocycles. The van der Waals surface area contributed by atoms with Gasteiger partial charge in [-0.1, -0.05) is 6.58 Å². The second kappa shape index (κ2) is 4.91. The van der Waals surface area contributed by atoms with E-state index in [0.717, 1.165) is 6.42 Å². The van der Waals surface area contributed by atoms with Crippen LogP contribution in [-0.2, 0) is 19.1 Å². The molecule has 14 heavy (non-hydrogen) atoms. The maximum absolute atomic E-state index is 10.9. The van der Waals surface area contributed by atoms with Crippen LogP contribution in [0.1, 0.15) is 26.2 Å². The van der Waals surface area contributed by atoms with Crippen molar-refractivity contribution in [3.63, 3.8) is 0 Å². The number of carbonyl (C=O) groups excluding carboxylic acids is 2. The summed E-state index contributed by atoms with van der Waals surface area (Å²) in [6.07, 6.45) is 1.65. The molecule has 1 saturated carbocycles. The SMILES string of the molecule is C=C(C)C(=O)OCOC1CCC(=O)C1. The molecular formula is C10H14O4. The van der Waals surface area contributed by atoms with E-state index in [9.17, 15) is 9.59 Å². The Morgan fingerprint density at radius 2 is 2.36 bits per heavy atom. The van der Waals surface area contributed by atoms with E-state index in [2.05, 4.69) is 6.58 Å². The van der Waals surface area contributed by atoms with Crippen molar-refractivity contribution in [1.29, 1.82) is 0 Å². The highest BCUT2D eigenvalue weighted by atomic mass is 16.7. The van der Waals surface area contributed by atoms with Crippen LogP contribution in [0.5, 0.6) is 0 Å². The monoisotopic (exact) mass is 198 g/mol. The fraction of sp³-hybridized carbons (Fsp3) is 0.600. The van der Waals surface area contributed by atoms with Gasteiger partial charge in [-0.05, 0) is 13.3 Å². The lowest BCUT2D eigenvalue weighted by molar-refractivity contribution is -0.155. The number of rotatable bonds is 4. The minimum atomic E-state index is -0.464. The lowest BCUT2D eigenvalue weighted by Crippen LogP contribution is -2.15.